The first-order valence-corrected chi connectivity index (χ1v) is 4.80. The fourth-order valence-corrected chi connectivity index (χ4v) is 1.14. The van der Waals surface area contributed by atoms with Crippen LogP contribution in [0.25, 0.3) is 0 Å². The Kier molecular flexibility index (Phi) is 4.56. The first kappa shape index (κ1) is 11.5. The van der Waals surface area contributed by atoms with E-state index in [1.165, 1.54) is 12.1 Å². The summed E-state index contributed by atoms with van der Waals surface area (Å²) in [5.41, 5.74) is 0.834. The van der Waals surface area contributed by atoms with E-state index in [9.17, 15) is 10.1 Å². The second-order valence-electron chi connectivity index (χ2n) is 2.93. The highest BCUT2D eigenvalue weighted by atomic mass is 16.6. The van der Waals surface area contributed by atoms with E-state index in [4.69, 9.17) is 4.74 Å². The van der Waals surface area contributed by atoms with E-state index in [2.05, 4.69) is 5.32 Å². The van der Waals surface area contributed by atoms with E-state index in [1.807, 2.05) is 6.92 Å². The zero-order chi connectivity index (χ0) is 11.1. The van der Waals surface area contributed by atoms with Crippen LogP contribution in [0.4, 0.5) is 11.4 Å². The Morgan fingerprint density at radius 2 is 2.33 bits per heavy atom. The molecule has 0 aliphatic rings. The van der Waals surface area contributed by atoms with Gasteiger partial charge in [-0.2, -0.15) is 0 Å². The van der Waals surface area contributed by atoms with Crippen LogP contribution in [-0.4, -0.2) is 24.7 Å². The first-order valence-electron chi connectivity index (χ1n) is 4.80. The summed E-state index contributed by atoms with van der Waals surface area (Å²) in [5, 5.41) is 13.5. The molecule has 15 heavy (non-hydrogen) atoms. The average Bonchev–Trinajstić information content (AvgIpc) is 2.25. The molecule has 0 aliphatic heterocycles. The maximum absolute atomic E-state index is 10.5. The summed E-state index contributed by atoms with van der Waals surface area (Å²) in [6.07, 6.45) is 0. The van der Waals surface area contributed by atoms with Gasteiger partial charge in [0.2, 0.25) is 0 Å². The van der Waals surface area contributed by atoms with Crippen LogP contribution in [0, 0.1) is 10.1 Å². The molecule has 0 heterocycles. The largest absolute Gasteiger partial charge is 0.383 e. The lowest BCUT2D eigenvalue weighted by molar-refractivity contribution is -0.384. The van der Waals surface area contributed by atoms with Crippen LogP contribution in [0.2, 0.25) is 0 Å². The molecule has 0 radical (unpaired) electrons. The number of benzene rings is 1. The number of hydrogen-bond donors (Lipinski definition) is 1. The minimum absolute atomic E-state index is 0.0939. The normalized spacial score (nSPS) is 9.93. The lowest BCUT2D eigenvalue weighted by Crippen LogP contribution is -2.09. The van der Waals surface area contributed by atoms with Crippen molar-refractivity contribution in [1.29, 1.82) is 0 Å². The monoisotopic (exact) mass is 210 g/mol. The van der Waals surface area contributed by atoms with E-state index in [0.717, 1.165) is 5.69 Å². The molecule has 82 valence electrons. The molecule has 1 aromatic carbocycles. The number of hydrogen-bond acceptors (Lipinski definition) is 4. The van der Waals surface area contributed by atoms with E-state index in [-0.39, 0.29) is 5.69 Å². The van der Waals surface area contributed by atoms with E-state index in [0.29, 0.717) is 19.8 Å². The predicted molar refractivity (Wildman–Crippen MR) is 58.1 cm³/mol. The van der Waals surface area contributed by atoms with Gasteiger partial charge in [0.1, 0.15) is 0 Å². The van der Waals surface area contributed by atoms with E-state index < -0.39 is 4.92 Å². The number of non-ortho nitro benzene ring substituents is 1. The zero-order valence-electron chi connectivity index (χ0n) is 8.60. The number of nitro benzene ring substituents is 1. The first-order chi connectivity index (χ1) is 7.24. The standard InChI is InChI=1S/C10H14N2O3/c1-2-15-7-6-11-9-4-3-5-10(8-9)12(13)14/h3-5,8,11H,2,6-7H2,1H3. The van der Waals surface area contributed by atoms with Gasteiger partial charge < -0.3 is 10.1 Å². The lowest BCUT2D eigenvalue weighted by Gasteiger charge is -2.05. The molecule has 0 fully saturated rings. The van der Waals surface area contributed by atoms with Gasteiger partial charge in [0.05, 0.1) is 11.5 Å². The topological polar surface area (TPSA) is 64.4 Å². The Hall–Kier alpha value is -1.62. The molecule has 1 aromatic rings. The molecule has 1 N–H and O–H groups in total. The predicted octanol–water partition coefficient (Wildman–Crippen LogP) is 2.04. The van der Waals surface area contributed by atoms with Crippen LogP contribution in [0.1, 0.15) is 6.92 Å². The van der Waals surface area contributed by atoms with Crippen molar-refractivity contribution in [3.8, 4) is 0 Å². The maximum Gasteiger partial charge on any atom is 0.271 e. The third-order valence-corrected chi connectivity index (χ3v) is 1.84. The fourth-order valence-electron chi connectivity index (χ4n) is 1.14. The molecule has 0 saturated carbocycles. The quantitative estimate of drug-likeness (QED) is 0.443. The Labute approximate surface area is 88.2 Å². The highest BCUT2D eigenvalue weighted by Crippen LogP contribution is 2.16. The summed E-state index contributed by atoms with van der Waals surface area (Å²) in [7, 11) is 0. The third kappa shape index (κ3) is 3.95. The molecule has 1 rings (SSSR count). The fraction of sp³-hybridized carbons (Fsp3) is 0.400. The van der Waals surface area contributed by atoms with Gasteiger partial charge in [-0.1, -0.05) is 6.07 Å². The second-order valence-corrected chi connectivity index (χ2v) is 2.93. The van der Waals surface area contributed by atoms with Gasteiger partial charge in [-0.05, 0) is 13.0 Å². The van der Waals surface area contributed by atoms with Crippen LogP contribution in [0.15, 0.2) is 24.3 Å². The van der Waals surface area contributed by atoms with Crippen LogP contribution < -0.4 is 5.32 Å². The van der Waals surface area contributed by atoms with Crippen molar-refractivity contribution in [2.75, 3.05) is 25.1 Å². The Balaban J connectivity index is 2.47. The van der Waals surface area contributed by atoms with E-state index >= 15 is 0 Å². The summed E-state index contributed by atoms with van der Waals surface area (Å²) in [4.78, 5) is 10.1. The number of nitrogens with zero attached hydrogens (tertiary/aromatic N) is 1. The summed E-state index contributed by atoms with van der Waals surface area (Å²) < 4.78 is 5.14. The van der Waals surface area contributed by atoms with Crippen molar-refractivity contribution in [2.45, 2.75) is 6.92 Å². The summed E-state index contributed by atoms with van der Waals surface area (Å²) in [5.74, 6) is 0. The Morgan fingerprint density at radius 1 is 1.53 bits per heavy atom. The van der Waals surface area contributed by atoms with Crippen molar-refractivity contribution in [2.24, 2.45) is 0 Å². The van der Waals surface area contributed by atoms with Crippen molar-refractivity contribution >= 4 is 11.4 Å². The highest BCUT2D eigenvalue weighted by molar-refractivity contribution is 5.50. The lowest BCUT2D eigenvalue weighted by atomic mass is 10.3. The molecule has 5 heteroatoms. The second kappa shape index (κ2) is 5.98. The smallest absolute Gasteiger partial charge is 0.271 e. The van der Waals surface area contributed by atoms with Crippen molar-refractivity contribution < 1.29 is 9.66 Å². The van der Waals surface area contributed by atoms with Gasteiger partial charge in [-0.3, -0.25) is 10.1 Å². The minimum Gasteiger partial charge on any atom is -0.383 e. The number of anilines is 1. The highest BCUT2D eigenvalue weighted by Gasteiger charge is 2.04. The van der Waals surface area contributed by atoms with Gasteiger partial charge in [0, 0.05) is 31.0 Å². The van der Waals surface area contributed by atoms with Gasteiger partial charge >= 0.3 is 0 Å². The Morgan fingerprint density at radius 3 is 3.00 bits per heavy atom. The minimum atomic E-state index is -0.409. The number of rotatable bonds is 6. The van der Waals surface area contributed by atoms with Crippen molar-refractivity contribution in [3.05, 3.63) is 34.4 Å². The van der Waals surface area contributed by atoms with Gasteiger partial charge in [0.15, 0.2) is 0 Å². The number of nitrogens with one attached hydrogen (secondary N) is 1. The molecule has 0 amide bonds. The van der Waals surface area contributed by atoms with Crippen LogP contribution in [-0.2, 0) is 4.74 Å². The molecule has 0 aromatic heterocycles. The molecular formula is C10H14N2O3. The summed E-state index contributed by atoms with van der Waals surface area (Å²) in [6.45, 7) is 3.85. The van der Waals surface area contributed by atoms with Gasteiger partial charge in [-0.25, -0.2) is 0 Å². The molecule has 0 atom stereocenters. The van der Waals surface area contributed by atoms with Crippen LogP contribution >= 0.6 is 0 Å². The molecule has 0 bridgehead atoms. The van der Waals surface area contributed by atoms with Crippen molar-refractivity contribution in [3.63, 3.8) is 0 Å². The molecule has 0 spiro atoms. The van der Waals surface area contributed by atoms with Crippen LogP contribution in [0.5, 0.6) is 0 Å². The van der Waals surface area contributed by atoms with E-state index in [1.54, 1.807) is 12.1 Å². The number of nitro groups is 1. The Bertz CT molecular complexity index is 328. The van der Waals surface area contributed by atoms with Gasteiger partial charge in [-0.15, -0.1) is 0 Å². The molecule has 0 unspecified atom stereocenters. The molecule has 0 saturated heterocycles. The van der Waals surface area contributed by atoms with Crippen molar-refractivity contribution in [1.82, 2.24) is 0 Å². The molecule has 0 aliphatic carbocycles. The summed E-state index contributed by atoms with van der Waals surface area (Å²) in [6, 6.07) is 6.42. The summed E-state index contributed by atoms with van der Waals surface area (Å²) >= 11 is 0. The maximum atomic E-state index is 10.5. The average molecular weight is 210 g/mol. The molecule has 5 nitrogen and oxygen atoms in total. The van der Waals surface area contributed by atoms with Crippen LogP contribution in [0.3, 0.4) is 0 Å². The zero-order valence-corrected chi connectivity index (χ0v) is 8.60. The number of ether oxygens (including phenoxy) is 1. The SMILES string of the molecule is CCOCCNc1cccc([N+](=O)[O-])c1. The van der Waals surface area contributed by atoms with Gasteiger partial charge in [0.25, 0.3) is 5.69 Å². The molecular weight excluding hydrogens is 196 g/mol. The third-order valence-electron chi connectivity index (χ3n) is 1.84.